The molecule has 6 nitrogen and oxygen atoms in total. The summed E-state index contributed by atoms with van der Waals surface area (Å²) in [6.45, 7) is 3.85. The number of Topliss-reactive ketones (excluding diaryl/α,β-unsaturated/α-hetero) is 1. The van der Waals surface area contributed by atoms with E-state index in [2.05, 4.69) is 8.75 Å². The molecular formula is C24H20N2O4S2. The van der Waals surface area contributed by atoms with Crippen molar-refractivity contribution >= 4 is 51.4 Å². The molecule has 2 aromatic heterocycles. The maximum absolute atomic E-state index is 13.6. The fourth-order valence-corrected chi connectivity index (χ4v) is 4.56. The fourth-order valence-electron chi connectivity index (χ4n) is 3.38. The van der Waals surface area contributed by atoms with Crippen molar-refractivity contribution in [2.24, 2.45) is 0 Å². The van der Waals surface area contributed by atoms with E-state index >= 15 is 0 Å². The summed E-state index contributed by atoms with van der Waals surface area (Å²) < 4.78 is 14.0. The molecule has 0 atom stereocenters. The van der Waals surface area contributed by atoms with E-state index in [1.165, 1.54) is 11.3 Å². The van der Waals surface area contributed by atoms with Crippen LogP contribution in [0.1, 0.15) is 35.3 Å². The molecular weight excluding hydrogens is 444 g/mol. The second-order valence-electron chi connectivity index (χ2n) is 7.45. The van der Waals surface area contributed by atoms with Gasteiger partial charge < -0.3 is 9.84 Å². The number of hydrogen-bond donors (Lipinski definition) is 1. The van der Waals surface area contributed by atoms with Crippen molar-refractivity contribution in [3.63, 3.8) is 0 Å². The van der Waals surface area contributed by atoms with E-state index in [0.717, 1.165) is 17.3 Å². The van der Waals surface area contributed by atoms with Gasteiger partial charge in [-0.1, -0.05) is 6.07 Å². The van der Waals surface area contributed by atoms with Gasteiger partial charge in [-0.15, -0.1) is 0 Å². The lowest BCUT2D eigenvalue weighted by Crippen LogP contribution is -2.14. The number of ketones is 1. The molecule has 4 aromatic rings. The van der Waals surface area contributed by atoms with Crippen molar-refractivity contribution in [1.29, 1.82) is 0 Å². The van der Waals surface area contributed by atoms with Crippen LogP contribution in [0.5, 0.6) is 5.75 Å². The molecule has 8 heteroatoms. The molecule has 0 aliphatic rings. The number of carbonyl (C=O) groups excluding carboxylic acids is 1. The highest BCUT2D eigenvalue weighted by Gasteiger charge is 2.24. The number of carboxylic acids is 1. The maximum Gasteiger partial charge on any atom is 0.336 e. The molecule has 162 valence electrons. The number of aliphatic carboxylic acids is 1. The van der Waals surface area contributed by atoms with Gasteiger partial charge in [0.15, 0.2) is 5.78 Å². The zero-order chi connectivity index (χ0) is 22.7. The van der Waals surface area contributed by atoms with Gasteiger partial charge >= 0.3 is 5.97 Å². The van der Waals surface area contributed by atoms with Crippen LogP contribution in [0.3, 0.4) is 0 Å². The number of nitrogens with zero attached hydrogens (tertiary/aromatic N) is 2. The number of carbonyl (C=O) groups is 2. The number of ether oxygens (including phenoxy) is 1. The average Bonchev–Trinajstić information content (AvgIpc) is 3.44. The molecule has 2 aromatic carbocycles. The van der Waals surface area contributed by atoms with E-state index < -0.39 is 5.97 Å². The highest BCUT2D eigenvalue weighted by molar-refractivity contribution is 7.08. The number of aromatic nitrogens is 2. The van der Waals surface area contributed by atoms with Crippen LogP contribution < -0.4 is 4.74 Å². The van der Waals surface area contributed by atoms with Crippen molar-refractivity contribution in [1.82, 2.24) is 8.75 Å². The molecule has 1 N–H and O–H groups in total. The van der Waals surface area contributed by atoms with E-state index in [9.17, 15) is 14.7 Å². The summed E-state index contributed by atoms with van der Waals surface area (Å²) in [4.78, 5) is 25.9. The second kappa shape index (κ2) is 9.42. The number of thiophene rings is 1. The first kappa shape index (κ1) is 21.9. The average molecular weight is 465 g/mol. The summed E-state index contributed by atoms with van der Waals surface area (Å²) in [5, 5.41) is 13.9. The predicted molar refractivity (Wildman–Crippen MR) is 127 cm³/mol. The normalized spacial score (nSPS) is 12.1. The van der Waals surface area contributed by atoms with Gasteiger partial charge in [-0.25, -0.2) is 4.79 Å². The summed E-state index contributed by atoms with van der Waals surface area (Å²) in [6.07, 6.45) is 0.223. The maximum atomic E-state index is 13.6. The first-order chi connectivity index (χ1) is 15.4. The Labute approximate surface area is 193 Å². The lowest BCUT2D eigenvalue weighted by Gasteiger charge is -2.13. The van der Waals surface area contributed by atoms with E-state index in [1.54, 1.807) is 42.5 Å². The molecule has 0 saturated carbocycles. The number of fused-ring (bicyclic) bond motifs is 1. The fraction of sp³-hybridized carbons (Fsp3) is 0.167. The minimum atomic E-state index is -1.16. The summed E-state index contributed by atoms with van der Waals surface area (Å²) in [7, 11) is 0. The van der Waals surface area contributed by atoms with Crippen molar-refractivity contribution in [3.05, 3.63) is 81.6 Å². The van der Waals surface area contributed by atoms with Gasteiger partial charge in [0.05, 0.1) is 23.4 Å². The molecule has 0 spiro atoms. The molecule has 0 amide bonds. The Kier molecular flexibility index (Phi) is 6.43. The topological polar surface area (TPSA) is 89.4 Å². The Balaban J connectivity index is 1.82. The zero-order valence-corrected chi connectivity index (χ0v) is 19.1. The summed E-state index contributed by atoms with van der Waals surface area (Å²) in [6, 6.07) is 13.7. The van der Waals surface area contributed by atoms with E-state index in [0.29, 0.717) is 27.9 Å². The van der Waals surface area contributed by atoms with E-state index in [1.807, 2.05) is 30.7 Å². The monoisotopic (exact) mass is 464 g/mol. The molecule has 2 heterocycles. The third kappa shape index (κ3) is 4.76. The Morgan fingerprint density at radius 3 is 2.38 bits per heavy atom. The molecule has 0 aliphatic heterocycles. The van der Waals surface area contributed by atoms with Gasteiger partial charge in [0.2, 0.25) is 0 Å². The molecule has 0 aliphatic carbocycles. The third-order valence-electron chi connectivity index (χ3n) is 4.78. The number of allylic oxidation sites excluding steroid dienone is 1. The van der Waals surface area contributed by atoms with Crippen LogP contribution in [0, 0.1) is 0 Å². The minimum Gasteiger partial charge on any atom is -0.491 e. The highest BCUT2D eigenvalue weighted by atomic mass is 32.1. The number of benzene rings is 2. The molecule has 0 bridgehead atoms. The van der Waals surface area contributed by atoms with Crippen LogP contribution in [-0.2, 0) is 11.2 Å². The summed E-state index contributed by atoms with van der Waals surface area (Å²) in [5.74, 6) is -0.841. The van der Waals surface area contributed by atoms with Crippen LogP contribution in [-0.4, -0.2) is 31.7 Å². The van der Waals surface area contributed by atoms with Gasteiger partial charge in [-0.2, -0.15) is 20.1 Å². The van der Waals surface area contributed by atoms with Crippen LogP contribution >= 0.6 is 23.1 Å². The lowest BCUT2D eigenvalue weighted by molar-refractivity contribution is -0.130. The van der Waals surface area contributed by atoms with Gasteiger partial charge in [-0.05, 0) is 78.2 Å². The van der Waals surface area contributed by atoms with E-state index in [-0.39, 0.29) is 29.5 Å². The van der Waals surface area contributed by atoms with Crippen molar-refractivity contribution in [3.8, 4) is 5.75 Å². The number of rotatable bonds is 8. The first-order valence-electron chi connectivity index (χ1n) is 9.94. The predicted octanol–water partition coefficient (Wildman–Crippen LogP) is 5.50. The number of carboxylic acid groups (broad SMARTS) is 1. The van der Waals surface area contributed by atoms with Gasteiger partial charge in [0.1, 0.15) is 16.8 Å². The van der Waals surface area contributed by atoms with E-state index in [4.69, 9.17) is 4.74 Å². The van der Waals surface area contributed by atoms with Crippen LogP contribution in [0.25, 0.3) is 16.6 Å². The molecule has 32 heavy (non-hydrogen) atoms. The second-order valence-corrected chi connectivity index (χ2v) is 8.76. The van der Waals surface area contributed by atoms with Crippen LogP contribution in [0.15, 0.2) is 64.9 Å². The summed E-state index contributed by atoms with van der Waals surface area (Å²) >= 11 is 2.56. The molecule has 0 fully saturated rings. The number of hydrogen-bond acceptors (Lipinski definition) is 7. The molecule has 0 radical (unpaired) electrons. The van der Waals surface area contributed by atoms with Crippen molar-refractivity contribution in [2.45, 2.75) is 26.4 Å². The molecule has 4 rings (SSSR count). The third-order valence-corrected chi connectivity index (χ3v) is 6.07. The highest BCUT2D eigenvalue weighted by Crippen LogP contribution is 2.29. The Hall–Kier alpha value is -3.36. The molecule has 0 saturated heterocycles. The van der Waals surface area contributed by atoms with Gasteiger partial charge in [0.25, 0.3) is 0 Å². The standard InChI is InChI=1S/C24H20N2O4S2/c1-14(2)30-18-6-3-16(4-7-18)23(27)19(11-15-9-10-31-13-15)22(24(28)29)17-5-8-20-21(12-17)26-32-25-20/h3-10,12-14H,11H2,1-2H3,(H,28,29). The quantitative estimate of drug-likeness (QED) is 0.273. The van der Waals surface area contributed by atoms with Crippen molar-refractivity contribution < 1.29 is 19.4 Å². The largest absolute Gasteiger partial charge is 0.491 e. The van der Waals surface area contributed by atoms with Gasteiger partial charge in [-0.3, -0.25) is 4.79 Å². The minimum absolute atomic E-state index is 0.0133. The lowest BCUT2D eigenvalue weighted by atomic mass is 9.90. The first-order valence-corrected chi connectivity index (χ1v) is 11.6. The SMILES string of the molecule is CC(C)Oc1ccc(C(=O)C(Cc2ccsc2)=C(C(=O)O)c2ccc3nsnc3c2)cc1. The Morgan fingerprint density at radius 2 is 1.72 bits per heavy atom. The van der Waals surface area contributed by atoms with Crippen LogP contribution in [0.2, 0.25) is 0 Å². The molecule has 0 unspecified atom stereocenters. The Bertz CT molecular complexity index is 1290. The van der Waals surface area contributed by atoms with Gasteiger partial charge in [0, 0.05) is 17.6 Å². The smallest absolute Gasteiger partial charge is 0.336 e. The van der Waals surface area contributed by atoms with Crippen LogP contribution in [0.4, 0.5) is 0 Å². The van der Waals surface area contributed by atoms with Crippen molar-refractivity contribution in [2.75, 3.05) is 0 Å². The summed E-state index contributed by atoms with van der Waals surface area (Å²) in [5.41, 5.74) is 3.19. The Morgan fingerprint density at radius 1 is 1.00 bits per heavy atom. The zero-order valence-electron chi connectivity index (χ0n) is 17.4.